The van der Waals surface area contributed by atoms with Gasteiger partial charge in [-0.1, -0.05) is 23.4 Å². The normalized spacial score (nSPS) is 12.4. The highest BCUT2D eigenvalue weighted by Crippen LogP contribution is 2.32. The summed E-state index contributed by atoms with van der Waals surface area (Å²) in [5, 5.41) is 10.1. The molecule has 0 bridgehead atoms. The molecule has 0 aliphatic rings. The summed E-state index contributed by atoms with van der Waals surface area (Å²) in [6.07, 6.45) is -0.313. The Morgan fingerprint density at radius 1 is 1.24 bits per heavy atom. The first-order valence-corrected chi connectivity index (χ1v) is 8.73. The van der Waals surface area contributed by atoms with Crippen LogP contribution in [0.15, 0.2) is 55.0 Å². The number of hydrogen-bond acceptors (Lipinski definition) is 5. The molecule has 0 unspecified atom stereocenters. The van der Waals surface area contributed by atoms with Crippen LogP contribution in [-0.2, 0) is 12.7 Å². The first-order valence-electron chi connectivity index (χ1n) is 8.73. The van der Waals surface area contributed by atoms with Gasteiger partial charge in [0.1, 0.15) is 11.9 Å². The van der Waals surface area contributed by atoms with Gasteiger partial charge < -0.3 is 10.1 Å². The van der Waals surface area contributed by atoms with Crippen molar-refractivity contribution in [1.29, 1.82) is 0 Å². The number of amides is 1. The molecule has 0 aliphatic heterocycles. The Labute approximate surface area is 164 Å². The summed E-state index contributed by atoms with van der Waals surface area (Å²) in [5.74, 6) is 0.0746. The molecule has 1 N–H and O–H groups in total. The van der Waals surface area contributed by atoms with Gasteiger partial charge in [0.2, 0.25) is 0 Å². The zero-order valence-electron chi connectivity index (χ0n) is 15.4. The molecule has 2 heterocycles. The lowest BCUT2D eigenvalue weighted by molar-refractivity contribution is -0.138. The first kappa shape index (κ1) is 20.3. The van der Waals surface area contributed by atoms with Crippen molar-refractivity contribution in [2.24, 2.45) is 0 Å². The van der Waals surface area contributed by atoms with Gasteiger partial charge in [-0.05, 0) is 30.7 Å². The zero-order chi connectivity index (χ0) is 20.9. The Kier molecular flexibility index (Phi) is 6.10. The van der Waals surface area contributed by atoms with Gasteiger partial charge in [-0.25, -0.2) is 4.68 Å². The van der Waals surface area contributed by atoms with Crippen molar-refractivity contribution in [2.45, 2.75) is 25.7 Å². The average molecular weight is 405 g/mol. The van der Waals surface area contributed by atoms with E-state index in [4.69, 9.17) is 4.74 Å². The number of nitrogens with one attached hydrogen (secondary N) is 1. The van der Waals surface area contributed by atoms with Crippen LogP contribution in [0.2, 0.25) is 0 Å². The summed E-state index contributed by atoms with van der Waals surface area (Å²) in [6.45, 7) is 1.83. The fraction of sp³-hybridized carbons (Fsp3) is 0.263. The van der Waals surface area contributed by atoms with Gasteiger partial charge >= 0.3 is 6.18 Å². The number of rotatable bonds is 7. The molecule has 10 heteroatoms. The molecular weight excluding hydrogens is 387 g/mol. The van der Waals surface area contributed by atoms with E-state index in [1.54, 1.807) is 31.5 Å². The van der Waals surface area contributed by atoms with Crippen LogP contribution in [0.1, 0.15) is 28.5 Å². The topological polar surface area (TPSA) is 81.9 Å². The van der Waals surface area contributed by atoms with Gasteiger partial charge in [0.25, 0.3) is 5.91 Å². The fourth-order valence-corrected chi connectivity index (χ4v) is 2.61. The van der Waals surface area contributed by atoms with E-state index >= 15 is 0 Å². The van der Waals surface area contributed by atoms with Crippen LogP contribution < -0.4 is 10.1 Å². The Bertz CT molecular complexity index is 960. The maximum atomic E-state index is 13.1. The van der Waals surface area contributed by atoms with E-state index in [9.17, 15) is 18.0 Å². The molecule has 29 heavy (non-hydrogen) atoms. The molecule has 0 radical (unpaired) electrons. The number of benzene rings is 1. The molecule has 3 aromatic rings. The van der Waals surface area contributed by atoms with Gasteiger partial charge in [-0.3, -0.25) is 9.78 Å². The third kappa shape index (κ3) is 5.53. The monoisotopic (exact) mass is 405 g/mol. The predicted octanol–water partition coefficient (Wildman–Crippen LogP) is 2.94. The van der Waals surface area contributed by atoms with Gasteiger partial charge in [-0.15, -0.1) is 5.10 Å². The minimum atomic E-state index is -4.47. The summed E-state index contributed by atoms with van der Waals surface area (Å²) in [4.78, 5) is 16.2. The van der Waals surface area contributed by atoms with E-state index < -0.39 is 17.6 Å². The Morgan fingerprint density at radius 3 is 2.76 bits per heavy atom. The van der Waals surface area contributed by atoms with E-state index in [0.29, 0.717) is 5.75 Å². The molecule has 0 aliphatic carbocycles. The number of pyridine rings is 1. The van der Waals surface area contributed by atoms with E-state index in [1.807, 2.05) is 0 Å². The average Bonchev–Trinajstić information content (AvgIpc) is 3.15. The third-order valence-corrected chi connectivity index (χ3v) is 3.95. The second-order valence-corrected chi connectivity index (χ2v) is 6.28. The number of hydrogen-bond donors (Lipinski definition) is 1. The summed E-state index contributed by atoms with van der Waals surface area (Å²) in [6, 6.07) is 8.68. The van der Waals surface area contributed by atoms with Crippen LogP contribution in [0, 0.1) is 0 Å². The molecule has 0 spiro atoms. The summed E-state index contributed by atoms with van der Waals surface area (Å²) in [5.41, 5.74) is -0.707. The van der Waals surface area contributed by atoms with Crippen molar-refractivity contribution >= 4 is 5.91 Å². The Balaban J connectivity index is 1.58. The van der Waals surface area contributed by atoms with Crippen molar-refractivity contribution in [3.8, 4) is 5.75 Å². The number of halogens is 3. The lowest BCUT2D eigenvalue weighted by atomic mass is 10.1. The smallest absolute Gasteiger partial charge is 0.416 e. The molecule has 1 amide bonds. The number of aromatic nitrogens is 4. The van der Waals surface area contributed by atoms with Gasteiger partial charge in [-0.2, -0.15) is 13.2 Å². The lowest BCUT2D eigenvalue weighted by Crippen LogP contribution is -2.33. The molecule has 2 aromatic heterocycles. The highest BCUT2D eigenvalue weighted by molar-refractivity contribution is 5.91. The molecule has 0 saturated carbocycles. The van der Waals surface area contributed by atoms with Gasteiger partial charge in [0.15, 0.2) is 5.69 Å². The number of carbonyl (C=O) groups excluding carboxylic acids is 1. The number of carbonyl (C=O) groups is 1. The van der Waals surface area contributed by atoms with Crippen molar-refractivity contribution in [3.63, 3.8) is 0 Å². The van der Waals surface area contributed by atoms with Gasteiger partial charge in [0, 0.05) is 6.20 Å². The molecule has 0 saturated heterocycles. The molecule has 7 nitrogen and oxygen atoms in total. The fourth-order valence-electron chi connectivity index (χ4n) is 2.61. The molecule has 152 valence electrons. The molecule has 1 atom stereocenters. The van der Waals surface area contributed by atoms with Crippen LogP contribution in [0.25, 0.3) is 0 Å². The lowest BCUT2D eigenvalue weighted by Gasteiger charge is -2.14. The quantitative estimate of drug-likeness (QED) is 0.654. The molecule has 1 aromatic carbocycles. The predicted molar refractivity (Wildman–Crippen MR) is 97.2 cm³/mol. The van der Waals surface area contributed by atoms with E-state index in [1.165, 1.54) is 29.1 Å². The van der Waals surface area contributed by atoms with Crippen LogP contribution in [0.3, 0.4) is 0 Å². The zero-order valence-corrected chi connectivity index (χ0v) is 15.4. The second-order valence-electron chi connectivity index (χ2n) is 6.28. The minimum Gasteiger partial charge on any atom is -0.487 e. The summed E-state index contributed by atoms with van der Waals surface area (Å²) in [7, 11) is 0. The first-order chi connectivity index (χ1) is 13.8. The number of alkyl halides is 3. The molecule has 3 rings (SSSR count). The highest BCUT2D eigenvalue weighted by atomic mass is 19.4. The maximum Gasteiger partial charge on any atom is 0.416 e. The second kappa shape index (κ2) is 8.72. The van der Waals surface area contributed by atoms with Gasteiger partial charge in [0.05, 0.1) is 31.0 Å². The van der Waals surface area contributed by atoms with E-state index in [2.05, 4.69) is 20.6 Å². The standard InChI is InChI=1S/C19H18F3N5O2/c1-13(29-15-6-4-8-23-10-15)9-24-18(28)17-12-27(26-25-17)11-14-5-2-3-7-16(14)19(20,21)22/h2-8,10,12-13H,9,11H2,1H3,(H,24,28)/t13-/m0/s1. The van der Waals surface area contributed by atoms with Crippen LogP contribution in [0.5, 0.6) is 5.75 Å². The van der Waals surface area contributed by atoms with E-state index in [0.717, 1.165) is 6.07 Å². The van der Waals surface area contributed by atoms with Crippen LogP contribution in [-0.4, -0.2) is 38.5 Å². The molecular formula is C19H18F3N5O2. The van der Waals surface area contributed by atoms with Crippen molar-refractivity contribution in [1.82, 2.24) is 25.3 Å². The minimum absolute atomic E-state index is 0.00284. The summed E-state index contributed by atoms with van der Waals surface area (Å²) < 4.78 is 46.1. The van der Waals surface area contributed by atoms with Crippen molar-refractivity contribution < 1.29 is 22.7 Å². The van der Waals surface area contributed by atoms with Crippen LogP contribution in [0.4, 0.5) is 13.2 Å². The summed E-state index contributed by atoms with van der Waals surface area (Å²) >= 11 is 0. The van der Waals surface area contributed by atoms with Crippen molar-refractivity contribution in [3.05, 3.63) is 71.8 Å². The Morgan fingerprint density at radius 2 is 2.03 bits per heavy atom. The SMILES string of the molecule is C[C@@H](CNC(=O)c1cn(Cc2ccccc2C(F)(F)F)nn1)Oc1cccnc1. The molecule has 0 fully saturated rings. The Hall–Kier alpha value is -3.43. The van der Waals surface area contributed by atoms with Crippen molar-refractivity contribution in [2.75, 3.05) is 6.54 Å². The largest absolute Gasteiger partial charge is 0.487 e. The number of ether oxygens (including phenoxy) is 1. The van der Waals surface area contributed by atoms with Crippen LogP contribution >= 0.6 is 0 Å². The van der Waals surface area contributed by atoms with E-state index in [-0.39, 0.29) is 30.5 Å². The highest BCUT2D eigenvalue weighted by Gasteiger charge is 2.33. The third-order valence-electron chi connectivity index (χ3n) is 3.95. The number of nitrogens with zero attached hydrogens (tertiary/aromatic N) is 4. The maximum absolute atomic E-state index is 13.1.